The molecule has 3 aromatic rings. The summed E-state index contributed by atoms with van der Waals surface area (Å²) in [6.45, 7) is 4.22. The van der Waals surface area contributed by atoms with E-state index in [4.69, 9.17) is 4.74 Å². The Bertz CT molecular complexity index is 1020. The molecule has 0 N–H and O–H groups in total. The summed E-state index contributed by atoms with van der Waals surface area (Å²) in [4.78, 5) is 20.0. The van der Waals surface area contributed by atoms with Crippen LogP contribution in [0.25, 0.3) is 5.65 Å². The van der Waals surface area contributed by atoms with Crippen LogP contribution in [0.4, 0.5) is 10.2 Å². The second-order valence-corrected chi connectivity index (χ2v) is 8.09. The molecular weight excluding hydrogens is 367 g/mol. The summed E-state index contributed by atoms with van der Waals surface area (Å²) in [5.41, 5.74) is 1.64. The number of benzene rings is 1. The number of halogens is 1. The predicted octanol–water partition coefficient (Wildman–Crippen LogP) is 3.72. The Kier molecular flexibility index (Phi) is 4.51. The molecular formula is C19H19FN4O2S. The number of rotatable bonds is 0. The van der Waals surface area contributed by atoms with Crippen molar-refractivity contribution in [2.75, 3.05) is 18.6 Å². The van der Waals surface area contributed by atoms with Gasteiger partial charge in [0, 0.05) is 23.4 Å². The number of carbonyl (C=O) groups excluding carboxylic acids is 1. The van der Waals surface area contributed by atoms with E-state index in [1.54, 1.807) is 34.6 Å². The largest absolute Gasteiger partial charge is 0.461 e. The molecule has 4 rings (SSSR count). The first kappa shape index (κ1) is 17.8. The zero-order valence-electron chi connectivity index (χ0n) is 15.2. The number of hydrogen-bond acceptors (Lipinski definition) is 6. The number of carbonyl (C=O) groups is 1. The van der Waals surface area contributed by atoms with Crippen LogP contribution in [0.1, 0.15) is 35.8 Å². The zero-order chi connectivity index (χ0) is 19.1. The summed E-state index contributed by atoms with van der Waals surface area (Å²) >= 11 is 1.56. The molecule has 140 valence electrons. The molecule has 1 aliphatic rings. The third kappa shape index (κ3) is 3.25. The van der Waals surface area contributed by atoms with Gasteiger partial charge in [0.1, 0.15) is 23.8 Å². The van der Waals surface area contributed by atoms with E-state index in [9.17, 15) is 9.18 Å². The SMILES string of the molecule is C[C@@H]1c2cc(F)ccc2S[C@@H](C)COC(=O)c2cnn3ccc(nc23)N1C. The van der Waals surface area contributed by atoms with Gasteiger partial charge in [-0.3, -0.25) is 0 Å². The van der Waals surface area contributed by atoms with Gasteiger partial charge < -0.3 is 9.64 Å². The topological polar surface area (TPSA) is 59.7 Å². The lowest BCUT2D eigenvalue weighted by Gasteiger charge is -2.28. The van der Waals surface area contributed by atoms with E-state index in [2.05, 4.69) is 10.1 Å². The molecule has 0 amide bonds. The monoisotopic (exact) mass is 386 g/mol. The van der Waals surface area contributed by atoms with E-state index in [0.717, 1.165) is 10.5 Å². The van der Waals surface area contributed by atoms with E-state index in [1.807, 2.05) is 31.9 Å². The lowest BCUT2D eigenvalue weighted by molar-refractivity contribution is 0.0512. The summed E-state index contributed by atoms with van der Waals surface area (Å²) in [7, 11) is 1.90. The van der Waals surface area contributed by atoms with E-state index < -0.39 is 5.97 Å². The molecule has 0 fully saturated rings. The minimum absolute atomic E-state index is 0.0126. The van der Waals surface area contributed by atoms with Crippen LogP contribution >= 0.6 is 11.8 Å². The van der Waals surface area contributed by atoms with Crippen molar-refractivity contribution in [3.05, 3.63) is 53.6 Å². The standard InChI is InChI=1S/C19H19FN4O2S/c1-11-10-26-19(25)15-9-21-24-7-6-17(22-18(15)24)23(3)12(2)14-8-13(20)4-5-16(14)27-11/h4-9,11-12H,10H2,1-3H3/t11-,12+/m0/s1. The fraction of sp³-hybridized carbons (Fsp3) is 0.316. The Morgan fingerprint density at radius 1 is 1.30 bits per heavy atom. The van der Waals surface area contributed by atoms with Crippen molar-refractivity contribution in [1.29, 1.82) is 0 Å². The Morgan fingerprint density at radius 2 is 2.11 bits per heavy atom. The number of ether oxygens (including phenoxy) is 1. The van der Waals surface area contributed by atoms with Crippen molar-refractivity contribution in [3.63, 3.8) is 0 Å². The number of fused-ring (bicyclic) bond motifs is 2. The maximum Gasteiger partial charge on any atom is 0.343 e. The molecule has 3 heterocycles. The summed E-state index contributed by atoms with van der Waals surface area (Å²) in [5.74, 6) is -0.0621. The zero-order valence-corrected chi connectivity index (χ0v) is 16.0. The highest BCUT2D eigenvalue weighted by Crippen LogP contribution is 2.35. The average Bonchev–Trinajstić information content (AvgIpc) is 3.09. The molecule has 0 saturated heterocycles. The molecule has 2 bridgehead atoms. The first-order valence-corrected chi connectivity index (χ1v) is 9.52. The van der Waals surface area contributed by atoms with Gasteiger partial charge in [0.15, 0.2) is 5.65 Å². The number of esters is 1. The van der Waals surface area contributed by atoms with Gasteiger partial charge >= 0.3 is 5.97 Å². The van der Waals surface area contributed by atoms with Crippen molar-refractivity contribution in [2.45, 2.75) is 30.0 Å². The van der Waals surface area contributed by atoms with Gasteiger partial charge in [-0.1, -0.05) is 0 Å². The quantitative estimate of drug-likeness (QED) is 0.549. The van der Waals surface area contributed by atoms with E-state index in [1.165, 1.54) is 12.3 Å². The normalized spacial score (nSPS) is 20.6. The van der Waals surface area contributed by atoms with Crippen molar-refractivity contribution in [2.24, 2.45) is 0 Å². The Labute approximate surface area is 160 Å². The van der Waals surface area contributed by atoms with E-state index in [0.29, 0.717) is 17.0 Å². The second kappa shape index (κ2) is 6.84. The third-order valence-corrected chi connectivity index (χ3v) is 5.88. The van der Waals surface area contributed by atoms with Crippen LogP contribution in [0.2, 0.25) is 0 Å². The summed E-state index contributed by atoms with van der Waals surface area (Å²) in [6.07, 6.45) is 3.22. The van der Waals surface area contributed by atoms with Crippen LogP contribution in [0.15, 0.2) is 41.6 Å². The average molecular weight is 386 g/mol. The highest BCUT2D eigenvalue weighted by molar-refractivity contribution is 8.00. The summed E-state index contributed by atoms with van der Waals surface area (Å²) < 4.78 is 21.0. The molecule has 0 aliphatic carbocycles. The smallest absolute Gasteiger partial charge is 0.343 e. The molecule has 0 unspecified atom stereocenters. The van der Waals surface area contributed by atoms with Crippen LogP contribution in [-0.2, 0) is 4.74 Å². The van der Waals surface area contributed by atoms with Crippen LogP contribution in [0.5, 0.6) is 0 Å². The number of cyclic esters (lactones) is 1. The molecule has 6 nitrogen and oxygen atoms in total. The Morgan fingerprint density at radius 3 is 2.93 bits per heavy atom. The molecule has 0 saturated carbocycles. The highest BCUT2D eigenvalue weighted by Gasteiger charge is 2.23. The number of nitrogens with zero attached hydrogens (tertiary/aromatic N) is 4. The minimum atomic E-state index is -0.448. The van der Waals surface area contributed by atoms with Crippen LogP contribution < -0.4 is 4.90 Å². The molecule has 2 aromatic heterocycles. The van der Waals surface area contributed by atoms with Crippen LogP contribution in [-0.4, -0.2) is 39.5 Å². The van der Waals surface area contributed by atoms with Crippen LogP contribution in [0.3, 0.4) is 0 Å². The van der Waals surface area contributed by atoms with E-state index >= 15 is 0 Å². The number of hydrogen-bond donors (Lipinski definition) is 0. The fourth-order valence-corrected chi connectivity index (χ4v) is 4.16. The molecule has 1 aromatic carbocycles. The van der Waals surface area contributed by atoms with Gasteiger partial charge in [0.25, 0.3) is 0 Å². The lowest BCUT2D eigenvalue weighted by atomic mass is 10.1. The molecule has 1 aliphatic heterocycles. The first-order chi connectivity index (χ1) is 12.9. The molecule has 0 radical (unpaired) electrons. The lowest BCUT2D eigenvalue weighted by Crippen LogP contribution is -2.23. The minimum Gasteiger partial charge on any atom is -0.461 e. The Hall–Kier alpha value is -2.61. The van der Waals surface area contributed by atoms with Gasteiger partial charge in [0.2, 0.25) is 0 Å². The van der Waals surface area contributed by atoms with Gasteiger partial charge in [-0.2, -0.15) is 5.10 Å². The summed E-state index contributed by atoms with van der Waals surface area (Å²) in [6, 6.07) is 6.50. The predicted molar refractivity (Wildman–Crippen MR) is 102 cm³/mol. The Balaban J connectivity index is 1.87. The van der Waals surface area contributed by atoms with Crippen molar-refractivity contribution in [1.82, 2.24) is 14.6 Å². The molecule has 2 atom stereocenters. The van der Waals surface area contributed by atoms with Crippen molar-refractivity contribution >= 4 is 29.2 Å². The number of aromatic nitrogens is 3. The third-order valence-electron chi connectivity index (χ3n) is 4.72. The van der Waals surface area contributed by atoms with E-state index in [-0.39, 0.29) is 23.7 Å². The highest BCUT2D eigenvalue weighted by atomic mass is 32.2. The van der Waals surface area contributed by atoms with Crippen LogP contribution in [0, 0.1) is 5.82 Å². The maximum absolute atomic E-state index is 14.0. The van der Waals surface area contributed by atoms with Gasteiger partial charge in [-0.05, 0) is 43.7 Å². The maximum atomic E-state index is 14.0. The number of anilines is 1. The molecule has 8 heteroatoms. The second-order valence-electron chi connectivity index (χ2n) is 6.61. The van der Waals surface area contributed by atoms with Gasteiger partial charge in [-0.15, -0.1) is 11.8 Å². The van der Waals surface area contributed by atoms with Crippen molar-refractivity contribution in [3.8, 4) is 0 Å². The van der Waals surface area contributed by atoms with Crippen molar-refractivity contribution < 1.29 is 13.9 Å². The molecule has 0 spiro atoms. The fourth-order valence-electron chi connectivity index (χ4n) is 3.08. The van der Waals surface area contributed by atoms with Gasteiger partial charge in [0.05, 0.1) is 12.2 Å². The first-order valence-electron chi connectivity index (χ1n) is 8.64. The molecule has 27 heavy (non-hydrogen) atoms. The summed E-state index contributed by atoms with van der Waals surface area (Å²) in [5, 5.41) is 4.19. The number of thioether (sulfide) groups is 1. The van der Waals surface area contributed by atoms with Gasteiger partial charge in [-0.25, -0.2) is 18.7 Å².